The second kappa shape index (κ2) is 6.54. The monoisotopic (exact) mass is 351 g/mol. The van der Waals surface area contributed by atoms with E-state index in [0.717, 1.165) is 48.6 Å². The number of benzene rings is 1. The fourth-order valence-electron chi connectivity index (χ4n) is 3.03. The number of carbonyl (C=O) groups is 1. The molecule has 23 heavy (non-hydrogen) atoms. The molecule has 1 aliphatic heterocycles. The second-order valence-corrected chi connectivity index (χ2v) is 6.74. The molecular weight excluding hydrogens is 333 g/mol. The summed E-state index contributed by atoms with van der Waals surface area (Å²) in [6.07, 6.45) is 2.61. The first-order chi connectivity index (χ1) is 11.0. The van der Waals surface area contributed by atoms with Gasteiger partial charge in [0.1, 0.15) is 0 Å². The van der Waals surface area contributed by atoms with Crippen molar-refractivity contribution in [2.24, 2.45) is 0 Å². The van der Waals surface area contributed by atoms with Crippen LogP contribution in [0.2, 0.25) is 10.0 Å². The highest BCUT2D eigenvalue weighted by atomic mass is 35.5. The summed E-state index contributed by atoms with van der Waals surface area (Å²) in [4.78, 5) is 14.4. The highest BCUT2D eigenvalue weighted by molar-refractivity contribution is 6.42. The summed E-state index contributed by atoms with van der Waals surface area (Å²) < 4.78 is 1.82. The Balaban J connectivity index is 1.89. The molecule has 0 spiro atoms. The average molecular weight is 352 g/mol. The van der Waals surface area contributed by atoms with Gasteiger partial charge in [-0.1, -0.05) is 23.2 Å². The molecule has 1 amide bonds. The predicted molar refractivity (Wildman–Crippen MR) is 92.6 cm³/mol. The first kappa shape index (κ1) is 16.3. The van der Waals surface area contributed by atoms with Crippen LogP contribution in [0.1, 0.15) is 29.8 Å². The first-order valence-electron chi connectivity index (χ1n) is 7.75. The molecule has 4 nitrogen and oxygen atoms in total. The lowest BCUT2D eigenvalue weighted by molar-refractivity contribution is -0.129. The van der Waals surface area contributed by atoms with Gasteiger partial charge in [0.25, 0.3) is 0 Å². The second-order valence-electron chi connectivity index (χ2n) is 5.92. The van der Waals surface area contributed by atoms with Gasteiger partial charge >= 0.3 is 0 Å². The van der Waals surface area contributed by atoms with Crippen LogP contribution < -0.4 is 0 Å². The van der Waals surface area contributed by atoms with E-state index in [9.17, 15) is 4.79 Å². The molecule has 1 aromatic carbocycles. The molecule has 2 heterocycles. The van der Waals surface area contributed by atoms with E-state index in [2.05, 4.69) is 5.10 Å². The lowest BCUT2D eigenvalue weighted by Crippen LogP contribution is -2.29. The molecule has 3 rings (SSSR count). The third kappa shape index (κ3) is 3.24. The van der Waals surface area contributed by atoms with Gasteiger partial charge in [0, 0.05) is 24.3 Å². The Morgan fingerprint density at radius 3 is 2.52 bits per heavy atom. The van der Waals surface area contributed by atoms with E-state index < -0.39 is 0 Å². The summed E-state index contributed by atoms with van der Waals surface area (Å²) in [5.41, 5.74) is 3.68. The van der Waals surface area contributed by atoms with Crippen molar-refractivity contribution in [2.45, 2.75) is 33.1 Å². The van der Waals surface area contributed by atoms with Crippen LogP contribution in [-0.4, -0.2) is 33.7 Å². The van der Waals surface area contributed by atoms with E-state index >= 15 is 0 Å². The molecule has 0 bridgehead atoms. The van der Waals surface area contributed by atoms with Crippen molar-refractivity contribution in [1.82, 2.24) is 14.7 Å². The van der Waals surface area contributed by atoms with Gasteiger partial charge in [-0.3, -0.25) is 4.79 Å². The highest BCUT2D eigenvalue weighted by Gasteiger charge is 2.22. The van der Waals surface area contributed by atoms with Gasteiger partial charge in [0.05, 0.1) is 27.8 Å². The van der Waals surface area contributed by atoms with E-state index in [-0.39, 0.29) is 5.91 Å². The van der Waals surface area contributed by atoms with Crippen LogP contribution in [0.5, 0.6) is 0 Å². The molecule has 1 aliphatic rings. The van der Waals surface area contributed by atoms with Crippen LogP contribution in [0.15, 0.2) is 18.2 Å². The van der Waals surface area contributed by atoms with Gasteiger partial charge in [-0.2, -0.15) is 5.10 Å². The zero-order chi connectivity index (χ0) is 16.6. The van der Waals surface area contributed by atoms with Crippen LogP contribution in [0.3, 0.4) is 0 Å². The van der Waals surface area contributed by atoms with Crippen molar-refractivity contribution in [3.8, 4) is 5.69 Å². The molecule has 122 valence electrons. The Bertz CT molecular complexity index is 749. The standard InChI is InChI=1S/C17H19Cl2N3O/c1-11-14(10-17(23)21-7-3-4-8-21)12(2)22(20-11)13-5-6-15(18)16(19)9-13/h5-6,9H,3-4,7-8,10H2,1-2H3. The molecule has 0 aliphatic carbocycles. The third-order valence-corrected chi connectivity index (χ3v) is 5.11. The Morgan fingerprint density at radius 2 is 1.87 bits per heavy atom. The minimum atomic E-state index is 0.183. The Morgan fingerprint density at radius 1 is 1.17 bits per heavy atom. The average Bonchev–Trinajstić information content (AvgIpc) is 3.14. The van der Waals surface area contributed by atoms with Gasteiger partial charge in [-0.05, 0) is 44.9 Å². The smallest absolute Gasteiger partial charge is 0.227 e. The van der Waals surface area contributed by atoms with Crippen molar-refractivity contribution in [3.05, 3.63) is 45.2 Å². The maximum Gasteiger partial charge on any atom is 0.227 e. The number of carbonyl (C=O) groups excluding carboxylic acids is 1. The molecule has 1 saturated heterocycles. The summed E-state index contributed by atoms with van der Waals surface area (Å²) in [5.74, 6) is 0.183. The van der Waals surface area contributed by atoms with E-state index in [1.165, 1.54) is 0 Å². The molecular formula is C17H19Cl2N3O. The third-order valence-electron chi connectivity index (χ3n) is 4.38. The van der Waals surface area contributed by atoms with Crippen molar-refractivity contribution in [1.29, 1.82) is 0 Å². The van der Waals surface area contributed by atoms with Crippen molar-refractivity contribution in [3.63, 3.8) is 0 Å². The highest BCUT2D eigenvalue weighted by Crippen LogP contribution is 2.26. The predicted octanol–water partition coefficient (Wildman–Crippen LogP) is 3.96. The van der Waals surface area contributed by atoms with Crippen LogP contribution in [-0.2, 0) is 11.2 Å². The molecule has 2 aromatic rings. The number of halogens is 2. The zero-order valence-corrected chi connectivity index (χ0v) is 14.8. The van der Waals surface area contributed by atoms with Crippen LogP contribution in [0.25, 0.3) is 5.69 Å². The Labute approximate surface area is 146 Å². The lowest BCUT2D eigenvalue weighted by atomic mass is 10.1. The summed E-state index contributed by atoms with van der Waals surface area (Å²) in [5, 5.41) is 5.58. The van der Waals surface area contributed by atoms with Gasteiger partial charge in [0.2, 0.25) is 5.91 Å². The van der Waals surface area contributed by atoms with Crippen LogP contribution >= 0.6 is 23.2 Å². The summed E-state index contributed by atoms with van der Waals surface area (Å²) in [7, 11) is 0. The molecule has 1 fully saturated rings. The van der Waals surface area contributed by atoms with E-state index in [0.29, 0.717) is 16.5 Å². The maximum atomic E-state index is 12.4. The summed E-state index contributed by atoms with van der Waals surface area (Å²) in [6, 6.07) is 5.42. The number of hydrogen-bond donors (Lipinski definition) is 0. The number of rotatable bonds is 3. The number of nitrogens with zero attached hydrogens (tertiary/aromatic N) is 3. The van der Waals surface area contributed by atoms with Crippen molar-refractivity contribution < 1.29 is 4.79 Å². The van der Waals surface area contributed by atoms with E-state index in [4.69, 9.17) is 23.2 Å². The molecule has 0 radical (unpaired) electrons. The molecule has 6 heteroatoms. The molecule has 1 aromatic heterocycles. The van der Waals surface area contributed by atoms with E-state index in [1.807, 2.05) is 29.5 Å². The zero-order valence-electron chi connectivity index (χ0n) is 13.3. The molecule has 0 atom stereocenters. The quantitative estimate of drug-likeness (QED) is 0.839. The van der Waals surface area contributed by atoms with Crippen LogP contribution in [0, 0.1) is 13.8 Å². The number of likely N-dealkylation sites (tertiary alicyclic amines) is 1. The van der Waals surface area contributed by atoms with Crippen molar-refractivity contribution >= 4 is 29.1 Å². The minimum absolute atomic E-state index is 0.183. The van der Waals surface area contributed by atoms with Gasteiger partial charge < -0.3 is 4.90 Å². The fraction of sp³-hybridized carbons (Fsp3) is 0.412. The van der Waals surface area contributed by atoms with Gasteiger partial charge in [-0.25, -0.2) is 4.68 Å². The normalized spacial score (nSPS) is 14.5. The Hall–Kier alpha value is -1.52. The SMILES string of the molecule is Cc1nn(-c2ccc(Cl)c(Cl)c2)c(C)c1CC(=O)N1CCCC1. The summed E-state index contributed by atoms with van der Waals surface area (Å²) >= 11 is 12.1. The fourth-order valence-corrected chi connectivity index (χ4v) is 3.32. The summed E-state index contributed by atoms with van der Waals surface area (Å²) in [6.45, 7) is 5.67. The molecule has 0 saturated carbocycles. The van der Waals surface area contributed by atoms with E-state index in [1.54, 1.807) is 12.1 Å². The minimum Gasteiger partial charge on any atom is -0.342 e. The number of amides is 1. The van der Waals surface area contributed by atoms with Gasteiger partial charge in [-0.15, -0.1) is 0 Å². The largest absolute Gasteiger partial charge is 0.342 e. The van der Waals surface area contributed by atoms with Gasteiger partial charge in [0.15, 0.2) is 0 Å². The topological polar surface area (TPSA) is 38.1 Å². The van der Waals surface area contributed by atoms with Crippen LogP contribution in [0.4, 0.5) is 0 Å². The first-order valence-corrected chi connectivity index (χ1v) is 8.51. The molecule has 0 N–H and O–H groups in total. The number of hydrogen-bond acceptors (Lipinski definition) is 2. The number of aromatic nitrogens is 2. The molecule has 0 unspecified atom stereocenters. The number of aryl methyl sites for hydroxylation is 1. The lowest BCUT2D eigenvalue weighted by Gasteiger charge is -2.15. The maximum absolute atomic E-state index is 12.4. The van der Waals surface area contributed by atoms with Crippen molar-refractivity contribution in [2.75, 3.05) is 13.1 Å². The Kier molecular flexibility index (Phi) is 4.64.